The van der Waals surface area contributed by atoms with Crippen LogP contribution in [0, 0.1) is 0 Å². The maximum absolute atomic E-state index is 12.1. The molecule has 1 heterocycles. The van der Waals surface area contributed by atoms with E-state index in [0.29, 0.717) is 28.1 Å². The molecule has 0 aliphatic rings. The van der Waals surface area contributed by atoms with Gasteiger partial charge in [-0.3, -0.25) is 0 Å². The van der Waals surface area contributed by atoms with Crippen molar-refractivity contribution in [3.8, 4) is 17.2 Å². The van der Waals surface area contributed by atoms with Gasteiger partial charge in [0.2, 0.25) is 5.89 Å². The van der Waals surface area contributed by atoms with Gasteiger partial charge in [0.1, 0.15) is 5.75 Å². The zero-order chi connectivity index (χ0) is 15.5. The molecule has 0 amide bonds. The number of halogens is 1. The van der Waals surface area contributed by atoms with Gasteiger partial charge < -0.3 is 9.15 Å². The van der Waals surface area contributed by atoms with Crippen LogP contribution in [0.1, 0.15) is 13.3 Å². The second kappa shape index (κ2) is 6.20. The number of fused-ring (bicyclic) bond motifs is 1. The highest BCUT2D eigenvalue weighted by molar-refractivity contribution is 6.31. The monoisotopic (exact) mass is 315 g/mol. The Morgan fingerprint density at radius 3 is 2.91 bits per heavy atom. The first kappa shape index (κ1) is 14.6. The molecular weight excluding hydrogens is 302 g/mol. The van der Waals surface area contributed by atoms with Gasteiger partial charge >= 0.3 is 5.63 Å². The van der Waals surface area contributed by atoms with Crippen LogP contribution in [-0.2, 0) is 0 Å². The third-order valence-electron chi connectivity index (χ3n) is 3.14. The number of aromatic nitrogens is 1. The largest absolute Gasteiger partial charge is 0.494 e. The SMILES string of the molecule is CCCOc1cccc(-c2nc3ccc(Cl)cc3c(=O)o2)c1. The minimum atomic E-state index is -0.456. The van der Waals surface area contributed by atoms with E-state index in [2.05, 4.69) is 4.98 Å². The number of nitrogens with zero attached hydrogens (tertiary/aromatic N) is 1. The molecule has 0 radical (unpaired) electrons. The molecule has 0 unspecified atom stereocenters. The van der Waals surface area contributed by atoms with E-state index < -0.39 is 5.63 Å². The van der Waals surface area contributed by atoms with Gasteiger partial charge in [-0.15, -0.1) is 0 Å². The summed E-state index contributed by atoms with van der Waals surface area (Å²) in [6, 6.07) is 12.3. The minimum absolute atomic E-state index is 0.266. The van der Waals surface area contributed by atoms with Crippen molar-refractivity contribution in [3.05, 3.63) is 57.9 Å². The number of hydrogen-bond donors (Lipinski definition) is 0. The van der Waals surface area contributed by atoms with Gasteiger partial charge in [0, 0.05) is 10.6 Å². The maximum atomic E-state index is 12.1. The standard InChI is InChI=1S/C17H14ClNO3/c1-2-8-21-13-5-3-4-11(9-13)16-19-15-7-6-12(18)10-14(15)17(20)22-16/h3-7,9-10H,2,8H2,1H3. The third-order valence-corrected chi connectivity index (χ3v) is 3.38. The van der Waals surface area contributed by atoms with Gasteiger partial charge in [-0.05, 0) is 42.8 Å². The summed E-state index contributed by atoms with van der Waals surface area (Å²) in [5.74, 6) is 0.988. The molecule has 5 heteroatoms. The first-order valence-electron chi connectivity index (χ1n) is 7.01. The van der Waals surface area contributed by atoms with Crippen LogP contribution in [0.15, 0.2) is 51.7 Å². The Hall–Kier alpha value is -2.33. The number of rotatable bonds is 4. The molecule has 0 saturated carbocycles. The lowest BCUT2D eigenvalue weighted by Gasteiger charge is -2.06. The highest BCUT2D eigenvalue weighted by Gasteiger charge is 2.09. The van der Waals surface area contributed by atoms with Crippen LogP contribution < -0.4 is 10.4 Å². The molecule has 0 aliphatic carbocycles. The average molecular weight is 316 g/mol. The molecule has 3 aromatic rings. The second-order valence-corrected chi connectivity index (χ2v) is 5.28. The van der Waals surface area contributed by atoms with Crippen molar-refractivity contribution in [2.75, 3.05) is 6.61 Å². The summed E-state index contributed by atoms with van der Waals surface area (Å²) in [6.07, 6.45) is 0.925. The van der Waals surface area contributed by atoms with Gasteiger partial charge in [0.15, 0.2) is 0 Å². The van der Waals surface area contributed by atoms with Crippen molar-refractivity contribution in [1.82, 2.24) is 4.98 Å². The van der Waals surface area contributed by atoms with Gasteiger partial charge in [-0.1, -0.05) is 24.6 Å². The molecule has 0 saturated heterocycles. The molecule has 0 spiro atoms. The first-order chi connectivity index (χ1) is 10.7. The molecule has 22 heavy (non-hydrogen) atoms. The van der Waals surface area contributed by atoms with Crippen LogP contribution in [0.3, 0.4) is 0 Å². The van der Waals surface area contributed by atoms with Gasteiger partial charge in [-0.2, -0.15) is 0 Å². The van der Waals surface area contributed by atoms with Crippen molar-refractivity contribution in [2.24, 2.45) is 0 Å². The normalized spacial score (nSPS) is 10.8. The smallest absolute Gasteiger partial charge is 0.347 e. The molecule has 1 aromatic heterocycles. The fraction of sp³-hybridized carbons (Fsp3) is 0.176. The summed E-state index contributed by atoms with van der Waals surface area (Å²) in [5.41, 5.74) is 0.792. The summed E-state index contributed by atoms with van der Waals surface area (Å²) in [7, 11) is 0. The predicted octanol–water partition coefficient (Wildman–Crippen LogP) is 4.30. The molecule has 0 N–H and O–H groups in total. The van der Waals surface area contributed by atoms with E-state index in [1.807, 2.05) is 31.2 Å². The van der Waals surface area contributed by atoms with Crippen molar-refractivity contribution in [3.63, 3.8) is 0 Å². The Kier molecular flexibility index (Phi) is 4.11. The van der Waals surface area contributed by atoms with Gasteiger partial charge in [-0.25, -0.2) is 9.78 Å². The highest BCUT2D eigenvalue weighted by atomic mass is 35.5. The Balaban J connectivity index is 2.07. The summed E-state index contributed by atoms with van der Waals surface area (Å²) < 4.78 is 10.9. The number of ether oxygens (including phenoxy) is 1. The Labute approximate surface area is 132 Å². The lowest BCUT2D eigenvalue weighted by molar-refractivity contribution is 0.317. The molecule has 112 valence electrons. The van der Waals surface area contributed by atoms with Crippen molar-refractivity contribution < 1.29 is 9.15 Å². The zero-order valence-electron chi connectivity index (χ0n) is 12.0. The van der Waals surface area contributed by atoms with Crippen LogP contribution >= 0.6 is 11.6 Å². The van der Waals surface area contributed by atoms with E-state index >= 15 is 0 Å². The summed E-state index contributed by atoms with van der Waals surface area (Å²) in [5, 5.41) is 0.846. The molecule has 2 aromatic carbocycles. The molecule has 0 aliphatic heterocycles. The molecule has 0 atom stereocenters. The van der Waals surface area contributed by atoms with Crippen molar-refractivity contribution in [1.29, 1.82) is 0 Å². The first-order valence-corrected chi connectivity index (χ1v) is 7.39. The summed E-state index contributed by atoms with van der Waals surface area (Å²) in [4.78, 5) is 16.5. The average Bonchev–Trinajstić information content (AvgIpc) is 2.53. The number of benzene rings is 2. The molecule has 0 bridgehead atoms. The molecule has 3 rings (SSSR count). The van der Waals surface area contributed by atoms with Crippen LogP contribution in [-0.4, -0.2) is 11.6 Å². The molecule has 4 nitrogen and oxygen atoms in total. The van der Waals surface area contributed by atoms with E-state index in [4.69, 9.17) is 20.8 Å². The number of hydrogen-bond acceptors (Lipinski definition) is 4. The topological polar surface area (TPSA) is 52.3 Å². The van der Waals surface area contributed by atoms with Crippen LogP contribution in [0.25, 0.3) is 22.4 Å². The van der Waals surface area contributed by atoms with Crippen LogP contribution in [0.5, 0.6) is 5.75 Å². The second-order valence-electron chi connectivity index (χ2n) is 4.84. The third kappa shape index (κ3) is 2.97. The predicted molar refractivity (Wildman–Crippen MR) is 86.5 cm³/mol. The quantitative estimate of drug-likeness (QED) is 0.720. The summed E-state index contributed by atoms with van der Waals surface area (Å²) in [6.45, 7) is 2.68. The maximum Gasteiger partial charge on any atom is 0.347 e. The van der Waals surface area contributed by atoms with E-state index in [9.17, 15) is 4.79 Å². The Bertz CT molecular complexity index is 873. The lowest BCUT2D eigenvalue weighted by Crippen LogP contribution is -2.03. The van der Waals surface area contributed by atoms with E-state index in [0.717, 1.165) is 12.2 Å². The highest BCUT2D eigenvalue weighted by Crippen LogP contribution is 2.24. The summed E-state index contributed by atoms with van der Waals surface area (Å²) >= 11 is 5.89. The van der Waals surface area contributed by atoms with Crippen molar-refractivity contribution >= 4 is 22.5 Å². The molecule has 0 fully saturated rings. The van der Waals surface area contributed by atoms with E-state index in [1.54, 1.807) is 18.2 Å². The lowest BCUT2D eigenvalue weighted by atomic mass is 10.2. The zero-order valence-corrected chi connectivity index (χ0v) is 12.8. The minimum Gasteiger partial charge on any atom is -0.494 e. The van der Waals surface area contributed by atoms with Crippen LogP contribution in [0.4, 0.5) is 0 Å². The van der Waals surface area contributed by atoms with Crippen LogP contribution in [0.2, 0.25) is 5.02 Å². The molecular formula is C17H14ClNO3. The fourth-order valence-electron chi connectivity index (χ4n) is 2.11. The van der Waals surface area contributed by atoms with Crippen molar-refractivity contribution in [2.45, 2.75) is 13.3 Å². The van der Waals surface area contributed by atoms with Gasteiger partial charge in [0.05, 0.1) is 17.5 Å². The van der Waals surface area contributed by atoms with E-state index in [1.165, 1.54) is 0 Å². The fourth-order valence-corrected chi connectivity index (χ4v) is 2.28. The van der Waals surface area contributed by atoms with Gasteiger partial charge in [0.25, 0.3) is 0 Å². The Morgan fingerprint density at radius 1 is 1.23 bits per heavy atom. The Morgan fingerprint density at radius 2 is 2.09 bits per heavy atom. The van der Waals surface area contributed by atoms with E-state index in [-0.39, 0.29) is 5.89 Å².